The van der Waals surface area contributed by atoms with Crippen LogP contribution in [0.15, 0.2) is 176 Å². The number of para-hydroxylation sites is 3. The number of hydrogen-bond donors (Lipinski definition) is 0. The summed E-state index contributed by atoms with van der Waals surface area (Å²) in [6.45, 7) is 0. The molecule has 0 fully saturated rings. The van der Waals surface area contributed by atoms with E-state index in [1.54, 1.807) is 24.3 Å². The van der Waals surface area contributed by atoms with Gasteiger partial charge in [0.05, 0.1) is 33.5 Å². The molecule has 56 heavy (non-hydrogen) atoms. The van der Waals surface area contributed by atoms with Crippen molar-refractivity contribution in [1.82, 2.24) is 24.1 Å². The lowest BCUT2D eigenvalue weighted by Gasteiger charge is -2.16. The van der Waals surface area contributed by atoms with E-state index in [2.05, 4.69) is 94.1 Å². The molecule has 0 aliphatic rings. The SMILES string of the molecule is Fc1ccc(-c2nc3c(-c4ccccc4)cnc(-n4c5ccccc5c5cc(-n6c7ccccc7c7ccccc76)ccc54)c3nc2-c2ccc(F)cc2)cc1. The fourth-order valence-electron chi connectivity index (χ4n) is 8.17. The third kappa shape index (κ3) is 4.94. The lowest BCUT2D eigenvalue weighted by molar-refractivity contribution is 0.627. The summed E-state index contributed by atoms with van der Waals surface area (Å²) in [5.74, 6) is -0.0999. The van der Waals surface area contributed by atoms with Crippen molar-refractivity contribution >= 4 is 54.6 Å². The highest BCUT2D eigenvalue weighted by Crippen LogP contribution is 2.40. The molecule has 7 aromatic carbocycles. The number of pyridine rings is 1. The predicted octanol–water partition coefficient (Wildman–Crippen LogP) is 12.5. The number of rotatable bonds is 5. The van der Waals surface area contributed by atoms with Gasteiger partial charge in [-0.2, -0.15) is 0 Å². The predicted molar refractivity (Wildman–Crippen MR) is 222 cm³/mol. The molecule has 0 spiro atoms. The van der Waals surface area contributed by atoms with Crippen LogP contribution in [0.2, 0.25) is 0 Å². The molecule has 4 heterocycles. The van der Waals surface area contributed by atoms with E-state index in [0.717, 1.165) is 49.7 Å². The van der Waals surface area contributed by atoms with Gasteiger partial charge in [-0.25, -0.2) is 23.7 Å². The molecule has 11 rings (SSSR count). The van der Waals surface area contributed by atoms with E-state index in [0.29, 0.717) is 39.4 Å². The molecule has 0 radical (unpaired) electrons. The average molecular weight is 726 g/mol. The lowest BCUT2D eigenvalue weighted by atomic mass is 10.0. The standard InChI is InChI=1S/C49H29F2N5/c50-33-22-18-31(19-23-33)45-46(32-20-24-34(51)25-21-32)54-48-47(53-45)40(30-10-2-1-3-11-30)29-52-49(48)56-43-17-9-6-14-38(43)39-28-35(26-27-44(39)56)55-41-15-7-4-12-36(41)37-13-5-8-16-42(37)55/h1-29H. The molecule has 264 valence electrons. The zero-order chi connectivity index (χ0) is 37.3. The van der Waals surface area contributed by atoms with Gasteiger partial charge in [-0.3, -0.25) is 4.57 Å². The van der Waals surface area contributed by atoms with E-state index in [1.165, 1.54) is 35.0 Å². The average Bonchev–Trinajstić information content (AvgIpc) is 3.76. The summed E-state index contributed by atoms with van der Waals surface area (Å²) in [6, 6.07) is 54.4. The zero-order valence-electron chi connectivity index (χ0n) is 29.7. The summed E-state index contributed by atoms with van der Waals surface area (Å²) >= 11 is 0. The van der Waals surface area contributed by atoms with Gasteiger partial charge in [-0.05, 0) is 90.5 Å². The number of fused-ring (bicyclic) bond motifs is 7. The van der Waals surface area contributed by atoms with Gasteiger partial charge < -0.3 is 4.57 Å². The van der Waals surface area contributed by atoms with E-state index in [4.69, 9.17) is 15.0 Å². The Morgan fingerprint density at radius 1 is 0.393 bits per heavy atom. The Hall–Kier alpha value is -7.51. The number of benzene rings is 7. The van der Waals surface area contributed by atoms with E-state index >= 15 is 0 Å². The molecule has 0 N–H and O–H groups in total. The summed E-state index contributed by atoms with van der Waals surface area (Å²) in [4.78, 5) is 15.9. The van der Waals surface area contributed by atoms with Gasteiger partial charge in [-0.1, -0.05) is 84.9 Å². The molecular weight excluding hydrogens is 697 g/mol. The topological polar surface area (TPSA) is 48.5 Å². The monoisotopic (exact) mass is 725 g/mol. The molecule has 0 saturated carbocycles. The molecule has 0 atom stereocenters. The normalized spacial score (nSPS) is 11.8. The minimum atomic E-state index is -0.356. The largest absolute Gasteiger partial charge is 0.309 e. The van der Waals surface area contributed by atoms with E-state index in [-0.39, 0.29) is 11.6 Å². The van der Waals surface area contributed by atoms with Crippen molar-refractivity contribution in [3.8, 4) is 45.1 Å². The van der Waals surface area contributed by atoms with Crippen LogP contribution in [0.5, 0.6) is 0 Å². The van der Waals surface area contributed by atoms with E-state index < -0.39 is 0 Å². The van der Waals surface area contributed by atoms with E-state index in [1.807, 2.05) is 42.6 Å². The second-order valence-corrected chi connectivity index (χ2v) is 13.9. The highest BCUT2D eigenvalue weighted by molar-refractivity contribution is 6.13. The van der Waals surface area contributed by atoms with Crippen molar-refractivity contribution in [2.45, 2.75) is 0 Å². The maximum atomic E-state index is 14.3. The van der Waals surface area contributed by atoms with Crippen molar-refractivity contribution < 1.29 is 8.78 Å². The van der Waals surface area contributed by atoms with Crippen LogP contribution < -0.4 is 0 Å². The summed E-state index contributed by atoms with van der Waals surface area (Å²) in [5, 5.41) is 4.55. The molecule has 0 saturated heterocycles. The zero-order valence-corrected chi connectivity index (χ0v) is 29.7. The first-order chi connectivity index (χ1) is 27.6. The smallest absolute Gasteiger partial charge is 0.166 e. The van der Waals surface area contributed by atoms with Crippen LogP contribution in [0.4, 0.5) is 8.78 Å². The van der Waals surface area contributed by atoms with Crippen molar-refractivity contribution in [1.29, 1.82) is 0 Å². The molecule has 4 aromatic heterocycles. The molecule has 0 amide bonds. The number of hydrogen-bond acceptors (Lipinski definition) is 3. The third-order valence-corrected chi connectivity index (χ3v) is 10.7. The Labute approximate surface area is 319 Å². The van der Waals surface area contributed by atoms with Gasteiger partial charge in [0.25, 0.3) is 0 Å². The molecule has 0 bridgehead atoms. The fourth-order valence-corrected chi connectivity index (χ4v) is 8.17. The quantitative estimate of drug-likeness (QED) is 0.177. The maximum Gasteiger partial charge on any atom is 0.166 e. The van der Waals surface area contributed by atoms with E-state index in [9.17, 15) is 8.78 Å². The van der Waals surface area contributed by atoms with Crippen LogP contribution in [0.25, 0.3) is 99.8 Å². The number of nitrogens with zero attached hydrogens (tertiary/aromatic N) is 5. The molecular formula is C49H29F2N5. The van der Waals surface area contributed by atoms with Crippen LogP contribution in [0.1, 0.15) is 0 Å². The Bertz CT molecular complexity index is 3260. The molecule has 5 nitrogen and oxygen atoms in total. The van der Waals surface area contributed by atoms with Crippen molar-refractivity contribution in [2.75, 3.05) is 0 Å². The third-order valence-electron chi connectivity index (χ3n) is 10.7. The highest BCUT2D eigenvalue weighted by Gasteiger charge is 2.23. The van der Waals surface area contributed by atoms with Crippen LogP contribution in [0, 0.1) is 11.6 Å². The summed E-state index contributed by atoms with van der Waals surface area (Å²) in [5.41, 5.74) is 10.7. The van der Waals surface area contributed by atoms with Gasteiger partial charge >= 0.3 is 0 Å². The van der Waals surface area contributed by atoms with Crippen molar-refractivity contribution in [3.05, 3.63) is 188 Å². The highest BCUT2D eigenvalue weighted by atomic mass is 19.1. The summed E-state index contributed by atoms with van der Waals surface area (Å²) in [7, 11) is 0. The minimum absolute atomic E-state index is 0.352. The molecule has 7 heteroatoms. The first-order valence-electron chi connectivity index (χ1n) is 18.4. The Balaban J connectivity index is 1.22. The number of aromatic nitrogens is 5. The summed E-state index contributed by atoms with van der Waals surface area (Å²) in [6.07, 6.45) is 1.86. The van der Waals surface area contributed by atoms with Crippen LogP contribution >= 0.6 is 0 Å². The lowest BCUT2D eigenvalue weighted by Crippen LogP contribution is -2.05. The fraction of sp³-hybridized carbons (Fsp3) is 0. The molecule has 0 aliphatic carbocycles. The minimum Gasteiger partial charge on any atom is -0.309 e. The van der Waals surface area contributed by atoms with Gasteiger partial charge in [0, 0.05) is 50.1 Å². The van der Waals surface area contributed by atoms with Crippen LogP contribution in [-0.4, -0.2) is 24.1 Å². The number of halogens is 2. The first kappa shape index (κ1) is 32.0. The Morgan fingerprint density at radius 2 is 0.875 bits per heavy atom. The molecule has 0 unspecified atom stereocenters. The van der Waals surface area contributed by atoms with Gasteiger partial charge in [-0.15, -0.1) is 0 Å². The van der Waals surface area contributed by atoms with Gasteiger partial charge in [0.15, 0.2) is 5.82 Å². The van der Waals surface area contributed by atoms with Crippen molar-refractivity contribution in [3.63, 3.8) is 0 Å². The Morgan fingerprint density at radius 3 is 1.46 bits per heavy atom. The second-order valence-electron chi connectivity index (χ2n) is 13.9. The van der Waals surface area contributed by atoms with Crippen LogP contribution in [0.3, 0.4) is 0 Å². The molecule has 0 aliphatic heterocycles. The molecule has 11 aromatic rings. The second kappa shape index (κ2) is 12.5. The van der Waals surface area contributed by atoms with Crippen LogP contribution in [-0.2, 0) is 0 Å². The first-order valence-corrected chi connectivity index (χ1v) is 18.4. The summed E-state index contributed by atoms with van der Waals surface area (Å²) < 4.78 is 33.0. The van der Waals surface area contributed by atoms with Gasteiger partial charge in [0.2, 0.25) is 0 Å². The van der Waals surface area contributed by atoms with Gasteiger partial charge in [0.1, 0.15) is 22.7 Å². The van der Waals surface area contributed by atoms with Crippen molar-refractivity contribution in [2.24, 2.45) is 0 Å². The maximum absolute atomic E-state index is 14.3. The Kier molecular flexibility index (Phi) is 7.16.